The van der Waals surface area contributed by atoms with E-state index in [9.17, 15) is 9.59 Å². The Kier molecular flexibility index (Phi) is 8.31. The van der Waals surface area contributed by atoms with Gasteiger partial charge >= 0.3 is 0 Å². The monoisotopic (exact) mass is 411 g/mol. The first kappa shape index (κ1) is 22.7. The minimum absolute atomic E-state index is 0. The van der Waals surface area contributed by atoms with Crippen LogP contribution in [0.2, 0.25) is 0 Å². The van der Waals surface area contributed by atoms with Crippen molar-refractivity contribution in [3.63, 3.8) is 0 Å². The minimum Gasteiger partial charge on any atom is -0.354 e. The summed E-state index contributed by atoms with van der Waals surface area (Å²) in [6, 6.07) is -0.0407. The number of hydrogen-bond donors (Lipinski definition) is 2. The fourth-order valence-electron chi connectivity index (χ4n) is 4.29. The summed E-state index contributed by atoms with van der Waals surface area (Å²) in [6.45, 7) is 9.91. The highest BCUT2D eigenvalue weighted by molar-refractivity contribution is 5.96. The summed E-state index contributed by atoms with van der Waals surface area (Å²) in [5.74, 6) is 0.503. The van der Waals surface area contributed by atoms with Crippen molar-refractivity contribution in [2.24, 2.45) is 5.92 Å². The molecule has 158 valence electrons. The van der Waals surface area contributed by atoms with Crippen LogP contribution in [0.4, 0.5) is 0 Å². The zero-order chi connectivity index (χ0) is 19.4. The van der Waals surface area contributed by atoms with Crippen LogP contribution in [-0.2, 0) is 11.3 Å². The zero-order valence-electron chi connectivity index (χ0n) is 17.3. The molecule has 0 saturated carbocycles. The third-order valence-corrected chi connectivity index (χ3v) is 5.78. The third-order valence-electron chi connectivity index (χ3n) is 5.78. The van der Waals surface area contributed by atoms with E-state index >= 15 is 0 Å². The van der Waals surface area contributed by atoms with Gasteiger partial charge in [-0.3, -0.25) is 14.3 Å². The number of hydrogen-bond acceptors (Lipinski definition) is 4. The van der Waals surface area contributed by atoms with Crippen LogP contribution in [0.5, 0.6) is 0 Å². The van der Waals surface area contributed by atoms with E-state index < -0.39 is 0 Å². The van der Waals surface area contributed by atoms with Gasteiger partial charge in [0.05, 0.1) is 17.3 Å². The SMILES string of the molecule is CCCn1nc(C)c(C(=O)N2CCCC(CNC(=O)C3CCCN3)C2)c1C.Cl. The molecule has 28 heavy (non-hydrogen) atoms. The number of nitrogens with zero attached hydrogens (tertiary/aromatic N) is 3. The Morgan fingerprint density at radius 1 is 1.25 bits per heavy atom. The molecular weight excluding hydrogens is 378 g/mol. The number of amides is 2. The van der Waals surface area contributed by atoms with E-state index in [-0.39, 0.29) is 30.3 Å². The Balaban J connectivity index is 0.00000280. The predicted molar refractivity (Wildman–Crippen MR) is 112 cm³/mol. The van der Waals surface area contributed by atoms with E-state index in [1.807, 2.05) is 23.4 Å². The second-order valence-electron chi connectivity index (χ2n) is 7.92. The van der Waals surface area contributed by atoms with Crippen LogP contribution in [0.1, 0.15) is 60.8 Å². The first-order valence-corrected chi connectivity index (χ1v) is 10.4. The van der Waals surface area contributed by atoms with Gasteiger partial charge in [-0.25, -0.2) is 0 Å². The summed E-state index contributed by atoms with van der Waals surface area (Å²) in [5, 5.41) is 10.9. The van der Waals surface area contributed by atoms with Crippen LogP contribution < -0.4 is 10.6 Å². The molecule has 0 aromatic carbocycles. The summed E-state index contributed by atoms with van der Waals surface area (Å²) in [7, 11) is 0. The van der Waals surface area contributed by atoms with Crippen LogP contribution in [0.25, 0.3) is 0 Å². The number of aromatic nitrogens is 2. The molecule has 0 spiro atoms. The van der Waals surface area contributed by atoms with Crippen LogP contribution >= 0.6 is 12.4 Å². The number of likely N-dealkylation sites (tertiary alicyclic amines) is 1. The van der Waals surface area contributed by atoms with Gasteiger partial charge in [-0.2, -0.15) is 5.10 Å². The molecule has 3 heterocycles. The number of rotatable bonds is 6. The fraction of sp³-hybridized carbons (Fsp3) is 0.750. The average Bonchev–Trinajstić information content (AvgIpc) is 3.29. The Morgan fingerprint density at radius 2 is 2.04 bits per heavy atom. The first-order valence-electron chi connectivity index (χ1n) is 10.4. The molecule has 1 aromatic rings. The number of carbonyl (C=O) groups excluding carboxylic acids is 2. The van der Waals surface area contributed by atoms with Crippen molar-refractivity contribution in [1.29, 1.82) is 0 Å². The van der Waals surface area contributed by atoms with Crippen molar-refractivity contribution in [3.8, 4) is 0 Å². The van der Waals surface area contributed by atoms with E-state index in [0.717, 1.165) is 68.7 Å². The van der Waals surface area contributed by atoms with Crippen molar-refractivity contribution < 1.29 is 9.59 Å². The molecule has 2 saturated heterocycles. The Bertz CT molecular complexity index is 684. The highest BCUT2D eigenvalue weighted by Crippen LogP contribution is 2.22. The smallest absolute Gasteiger partial charge is 0.257 e. The number of halogens is 1. The standard InChI is InChI=1S/C20H33N5O2.ClH/c1-4-10-25-15(3)18(14(2)23-25)20(27)24-11-6-7-16(13-24)12-22-19(26)17-8-5-9-21-17;/h16-17,21H,4-13H2,1-3H3,(H,22,26);1H. The lowest BCUT2D eigenvalue weighted by Gasteiger charge is -2.33. The van der Waals surface area contributed by atoms with Gasteiger partial charge in [0.1, 0.15) is 0 Å². The highest BCUT2D eigenvalue weighted by Gasteiger charge is 2.29. The van der Waals surface area contributed by atoms with Crippen LogP contribution in [0.15, 0.2) is 0 Å². The topological polar surface area (TPSA) is 79.3 Å². The fourth-order valence-corrected chi connectivity index (χ4v) is 4.29. The quantitative estimate of drug-likeness (QED) is 0.750. The van der Waals surface area contributed by atoms with Gasteiger partial charge in [-0.05, 0) is 58.4 Å². The summed E-state index contributed by atoms with van der Waals surface area (Å²) < 4.78 is 1.94. The van der Waals surface area contributed by atoms with Crippen molar-refractivity contribution >= 4 is 24.2 Å². The number of carbonyl (C=O) groups is 2. The van der Waals surface area contributed by atoms with Gasteiger partial charge in [-0.15, -0.1) is 12.4 Å². The molecular formula is C20H34ClN5O2. The van der Waals surface area contributed by atoms with Crippen molar-refractivity contribution in [2.75, 3.05) is 26.2 Å². The van der Waals surface area contributed by atoms with E-state index in [2.05, 4.69) is 22.7 Å². The van der Waals surface area contributed by atoms with Crippen molar-refractivity contribution in [1.82, 2.24) is 25.3 Å². The molecule has 2 unspecified atom stereocenters. The molecule has 2 atom stereocenters. The van der Waals surface area contributed by atoms with E-state index in [1.54, 1.807) is 0 Å². The number of nitrogens with one attached hydrogen (secondary N) is 2. The van der Waals surface area contributed by atoms with Gasteiger partial charge in [0.2, 0.25) is 5.91 Å². The molecule has 2 N–H and O–H groups in total. The molecule has 2 aliphatic rings. The van der Waals surface area contributed by atoms with E-state index in [1.165, 1.54) is 0 Å². The van der Waals surface area contributed by atoms with Gasteiger partial charge in [0, 0.05) is 31.9 Å². The summed E-state index contributed by atoms with van der Waals surface area (Å²) in [6.07, 6.45) is 5.01. The predicted octanol–water partition coefficient (Wildman–Crippen LogP) is 2.05. The van der Waals surface area contributed by atoms with Gasteiger partial charge in [0.15, 0.2) is 0 Å². The molecule has 0 radical (unpaired) electrons. The highest BCUT2D eigenvalue weighted by atomic mass is 35.5. The van der Waals surface area contributed by atoms with Gasteiger partial charge in [-0.1, -0.05) is 6.92 Å². The summed E-state index contributed by atoms with van der Waals surface area (Å²) in [5.41, 5.74) is 2.53. The first-order chi connectivity index (χ1) is 13.0. The molecule has 7 nitrogen and oxygen atoms in total. The van der Waals surface area contributed by atoms with Crippen LogP contribution in [0, 0.1) is 19.8 Å². The molecule has 8 heteroatoms. The lowest BCUT2D eigenvalue weighted by Crippen LogP contribution is -2.46. The van der Waals surface area contributed by atoms with Crippen LogP contribution in [0.3, 0.4) is 0 Å². The largest absolute Gasteiger partial charge is 0.354 e. The normalized spacial score (nSPS) is 22.0. The average molecular weight is 412 g/mol. The maximum Gasteiger partial charge on any atom is 0.257 e. The molecule has 2 amide bonds. The Hall–Kier alpha value is -1.60. The van der Waals surface area contributed by atoms with Gasteiger partial charge in [0.25, 0.3) is 5.91 Å². The molecule has 0 aliphatic carbocycles. The number of aryl methyl sites for hydroxylation is 2. The van der Waals surface area contributed by atoms with Crippen molar-refractivity contribution in [3.05, 3.63) is 17.0 Å². The Labute approximate surface area is 174 Å². The molecule has 2 aliphatic heterocycles. The van der Waals surface area contributed by atoms with Crippen LogP contribution in [-0.4, -0.2) is 58.7 Å². The summed E-state index contributed by atoms with van der Waals surface area (Å²) >= 11 is 0. The maximum absolute atomic E-state index is 13.1. The molecule has 1 aromatic heterocycles. The van der Waals surface area contributed by atoms with Crippen molar-refractivity contribution in [2.45, 2.75) is 65.5 Å². The second-order valence-corrected chi connectivity index (χ2v) is 7.92. The number of piperidine rings is 1. The summed E-state index contributed by atoms with van der Waals surface area (Å²) in [4.78, 5) is 27.3. The minimum atomic E-state index is -0.0407. The molecule has 2 fully saturated rings. The van der Waals surface area contributed by atoms with E-state index in [0.29, 0.717) is 19.0 Å². The van der Waals surface area contributed by atoms with E-state index in [4.69, 9.17) is 0 Å². The lowest BCUT2D eigenvalue weighted by molar-refractivity contribution is -0.123. The zero-order valence-corrected chi connectivity index (χ0v) is 18.1. The van der Waals surface area contributed by atoms with Gasteiger partial charge < -0.3 is 15.5 Å². The maximum atomic E-state index is 13.1. The molecule has 0 bridgehead atoms. The lowest BCUT2D eigenvalue weighted by atomic mass is 9.97. The Morgan fingerprint density at radius 3 is 2.71 bits per heavy atom. The third kappa shape index (κ3) is 5.06. The molecule has 3 rings (SSSR count). The second kappa shape index (κ2) is 10.3.